The third-order valence-corrected chi connectivity index (χ3v) is 17.9. The van der Waals surface area contributed by atoms with Crippen molar-refractivity contribution < 1.29 is 52.9 Å². The van der Waals surface area contributed by atoms with Crippen LogP contribution >= 0.6 is 22.7 Å². The lowest BCUT2D eigenvalue weighted by atomic mass is 9.79. The molecule has 84 heavy (non-hydrogen) atoms. The Morgan fingerprint density at radius 1 is 0.762 bits per heavy atom. The van der Waals surface area contributed by atoms with Gasteiger partial charge in [-0.15, -0.1) is 22.7 Å². The number of carbonyl (C=O) groups is 7. The molecule has 0 bridgehead atoms. The average Bonchev–Trinajstić information content (AvgIpc) is 4.47. The second-order valence-electron chi connectivity index (χ2n) is 23.4. The van der Waals surface area contributed by atoms with E-state index in [0.717, 1.165) is 81.7 Å². The van der Waals surface area contributed by atoms with Crippen molar-refractivity contribution in [2.75, 3.05) is 64.2 Å². The van der Waals surface area contributed by atoms with Gasteiger partial charge in [0.15, 0.2) is 11.6 Å². The lowest BCUT2D eigenvalue weighted by Crippen LogP contribution is -2.51. The number of thiophene rings is 1. The first-order valence-corrected chi connectivity index (χ1v) is 31.7. The largest absolute Gasteiger partial charge is 0.392 e. The predicted octanol–water partition coefficient (Wildman–Crippen LogP) is 8.91. The fraction of sp³-hybridized carbons (Fsp3) is 0.562. The first-order valence-electron chi connectivity index (χ1n) is 29.9. The number of thiazole rings is 1. The van der Waals surface area contributed by atoms with Crippen LogP contribution in [0.15, 0.2) is 71.6 Å². The van der Waals surface area contributed by atoms with Crippen LogP contribution in [0, 0.1) is 42.9 Å². The number of nitrogens with one attached hydrogen (secondary N) is 4. The number of unbranched alkanes of at least 4 members (excludes halogenated alkanes) is 2. The van der Waals surface area contributed by atoms with E-state index in [1.54, 1.807) is 27.6 Å². The molecule has 1 unspecified atom stereocenters. The zero-order chi connectivity index (χ0) is 60.2. The molecule has 2 aliphatic carbocycles. The van der Waals surface area contributed by atoms with E-state index in [1.165, 1.54) is 0 Å². The molecule has 4 atom stereocenters. The summed E-state index contributed by atoms with van der Waals surface area (Å²) in [6.07, 6.45) is 5.57. The fourth-order valence-electron chi connectivity index (χ4n) is 11.3. The second-order valence-corrected chi connectivity index (χ2v) is 25.2. The molecule has 3 aromatic heterocycles. The number of likely N-dealkylation sites (N-methyl/N-ethyl adjacent to an activating group) is 1. The van der Waals surface area contributed by atoms with Crippen LogP contribution in [-0.4, -0.2) is 127 Å². The minimum absolute atomic E-state index is 0.0329. The van der Waals surface area contributed by atoms with E-state index in [0.29, 0.717) is 77.6 Å². The summed E-state index contributed by atoms with van der Waals surface area (Å²) in [4.78, 5) is 100. The Hall–Kier alpha value is -6.16. The summed E-state index contributed by atoms with van der Waals surface area (Å²) < 4.78 is 19.6. The zero-order valence-electron chi connectivity index (χ0n) is 49.8. The molecule has 5 N–H and O–H groups in total. The van der Waals surface area contributed by atoms with Gasteiger partial charge in [-0.2, -0.15) is 0 Å². The third kappa shape index (κ3) is 19.2. The highest BCUT2D eigenvalue weighted by molar-refractivity contribution is 7.17. The summed E-state index contributed by atoms with van der Waals surface area (Å²) in [7, 11) is 0. The number of aryl methyl sites for hydroxylation is 2. The molecule has 2 fully saturated rings. The molecular formula is C64H87N7O11S2. The highest BCUT2D eigenvalue weighted by atomic mass is 32.1. The van der Waals surface area contributed by atoms with Gasteiger partial charge in [-0.05, 0) is 130 Å². The quantitative estimate of drug-likeness (QED) is 0.0196. The molecule has 456 valence electrons. The molecule has 2 saturated carbocycles. The summed E-state index contributed by atoms with van der Waals surface area (Å²) >= 11 is 3.14. The number of Topliss-reactive ketones (excluding diaryl/α,β-unsaturated/α-hetero) is 2. The monoisotopic (exact) mass is 1190 g/mol. The van der Waals surface area contributed by atoms with Gasteiger partial charge in [0.1, 0.15) is 6.54 Å². The van der Waals surface area contributed by atoms with Crippen molar-refractivity contribution in [3.8, 4) is 10.4 Å². The van der Waals surface area contributed by atoms with Crippen LogP contribution < -0.4 is 26.2 Å². The highest BCUT2D eigenvalue weighted by Gasteiger charge is 2.45. The van der Waals surface area contributed by atoms with E-state index in [-0.39, 0.29) is 92.0 Å². The average molecular weight is 1190 g/mol. The molecule has 20 heteroatoms. The molecule has 3 heterocycles. The van der Waals surface area contributed by atoms with Gasteiger partial charge in [0.05, 0.1) is 89.7 Å². The molecule has 2 aromatic carbocycles. The SMILES string of the molecule is CCN(C(=O)Cn1c(C(=O)CC2CCC(C(=O)NCCCCCC(=O)NCCOCCOCCOCCC(=O)N[C@@H](C(=O)C3C[C@@H](O)[C@H](C(=O)NCc4ccc(-c5scnc5C)cc4)C3)C(C)(C)C)CC2)cc2sccc21)c1cccc(C)c1. The molecule has 0 aliphatic heterocycles. The van der Waals surface area contributed by atoms with Crippen LogP contribution in [0.3, 0.4) is 0 Å². The number of carbonyl (C=O) groups excluding carboxylic acids is 7. The maximum absolute atomic E-state index is 13.8. The van der Waals surface area contributed by atoms with E-state index in [1.807, 2.05) is 118 Å². The first-order chi connectivity index (χ1) is 40.4. The Morgan fingerprint density at radius 3 is 2.18 bits per heavy atom. The minimum Gasteiger partial charge on any atom is -0.392 e. The van der Waals surface area contributed by atoms with Crippen molar-refractivity contribution in [1.82, 2.24) is 30.8 Å². The predicted molar refractivity (Wildman–Crippen MR) is 328 cm³/mol. The van der Waals surface area contributed by atoms with E-state index in [9.17, 15) is 38.7 Å². The van der Waals surface area contributed by atoms with Crippen LogP contribution in [-0.2, 0) is 56.1 Å². The van der Waals surface area contributed by atoms with Crippen molar-refractivity contribution in [1.29, 1.82) is 0 Å². The zero-order valence-corrected chi connectivity index (χ0v) is 51.5. The van der Waals surface area contributed by atoms with Crippen molar-refractivity contribution >= 4 is 79.7 Å². The van der Waals surface area contributed by atoms with Crippen molar-refractivity contribution in [2.24, 2.45) is 29.1 Å². The van der Waals surface area contributed by atoms with Crippen molar-refractivity contribution in [2.45, 2.75) is 144 Å². The smallest absolute Gasteiger partial charge is 0.246 e. The number of fused-ring (bicyclic) bond motifs is 1. The van der Waals surface area contributed by atoms with E-state index >= 15 is 0 Å². The number of ether oxygens (including phenoxy) is 3. The van der Waals surface area contributed by atoms with Gasteiger partial charge in [0.2, 0.25) is 29.5 Å². The number of hydrogen-bond donors (Lipinski definition) is 5. The number of benzene rings is 2. The summed E-state index contributed by atoms with van der Waals surface area (Å²) in [5, 5.41) is 24.6. The molecular weight excluding hydrogens is 1110 g/mol. The van der Waals surface area contributed by atoms with Gasteiger partial charge in [-0.25, -0.2) is 4.98 Å². The number of ketones is 2. The summed E-state index contributed by atoms with van der Waals surface area (Å²) in [5.74, 6) is -2.06. The van der Waals surface area contributed by atoms with Crippen LogP contribution in [0.2, 0.25) is 0 Å². The topological polar surface area (TPSA) is 237 Å². The Balaban J connectivity index is 0.662. The minimum atomic E-state index is -0.968. The fourth-order valence-corrected chi connectivity index (χ4v) is 12.9. The van der Waals surface area contributed by atoms with Crippen LogP contribution in [0.25, 0.3) is 20.7 Å². The second kappa shape index (κ2) is 32.4. The number of nitrogens with zero attached hydrogens (tertiary/aromatic N) is 3. The molecule has 0 radical (unpaired) electrons. The number of amides is 5. The summed E-state index contributed by atoms with van der Waals surface area (Å²) in [6, 6.07) is 18.9. The lowest BCUT2D eigenvalue weighted by Gasteiger charge is -2.32. The Bertz CT molecular complexity index is 2980. The Labute approximate surface area is 502 Å². The van der Waals surface area contributed by atoms with Gasteiger partial charge in [0.25, 0.3) is 0 Å². The summed E-state index contributed by atoms with van der Waals surface area (Å²) in [6.45, 7) is 15.1. The number of aliphatic hydroxyl groups excluding tert-OH is 1. The summed E-state index contributed by atoms with van der Waals surface area (Å²) in [5.41, 5.74) is 7.54. The number of rotatable bonds is 33. The van der Waals surface area contributed by atoms with E-state index in [4.69, 9.17) is 14.2 Å². The lowest BCUT2D eigenvalue weighted by molar-refractivity contribution is -0.133. The Morgan fingerprint density at radius 2 is 1.49 bits per heavy atom. The van der Waals surface area contributed by atoms with Crippen molar-refractivity contribution in [3.05, 3.63) is 94.1 Å². The number of hydrogen-bond acceptors (Lipinski definition) is 14. The molecule has 5 amide bonds. The first kappa shape index (κ1) is 65.4. The van der Waals surface area contributed by atoms with Gasteiger partial charge in [-0.3, -0.25) is 33.6 Å². The molecule has 5 aromatic rings. The molecule has 18 nitrogen and oxygen atoms in total. The molecule has 2 aliphatic rings. The maximum atomic E-state index is 13.8. The van der Waals surface area contributed by atoms with E-state index < -0.39 is 29.4 Å². The standard InChI is InChI=1S/C64H87N7O11S2/c1-7-70(49-13-11-12-42(2)34-49)58(76)40-71-51-24-33-83-55(51)38-52(71)54(73)35-44-15-21-47(22-16-44)62(78)66-25-10-8-9-14-56(74)65-26-28-81-30-32-82-31-29-80-27-23-57(75)69-61(64(4,5)6)59(77)48-36-50(53(72)37-48)63(79)67-39-45-17-19-46(20-18-45)60-43(3)68-41-84-60/h11-13,17-20,24,33-34,38,41,44,47-48,50,53,61,72H,7-10,14-16,21-23,25-32,35-37,39-40H2,1-6H3,(H,65,74)(H,66,78)(H,67,79)(H,69,75)/t44?,47?,48?,50-,53-,61+/m1/s1. The number of aliphatic hydroxyl groups is 1. The normalized spacial score (nSPS) is 18.3. The molecule has 7 rings (SSSR count). The van der Waals surface area contributed by atoms with Gasteiger partial charge < -0.3 is 50.1 Å². The van der Waals surface area contributed by atoms with Crippen LogP contribution in [0.4, 0.5) is 5.69 Å². The highest BCUT2D eigenvalue weighted by Crippen LogP contribution is 2.37. The molecule has 0 spiro atoms. The van der Waals surface area contributed by atoms with Gasteiger partial charge in [0, 0.05) is 63.0 Å². The number of anilines is 1. The van der Waals surface area contributed by atoms with Gasteiger partial charge in [-0.1, -0.05) is 63.6 Å². The molecule has 0 saturated heterocycles. The number of aromatic nitrogens is 2. The van der Waals surface area contributed by atoms with Crippen LogP contribution in [0.1, 0.15) is 132 Å². The van der Waals surface area contributed by atoms with Crippen LogP contribution in [0.5, 0.6) is 0 Å². The van der Waals surface area contributed by atoms with Crippen molar-refractivity contribution in [3.63, 3.8) is 0 Å². The third-order valence-electron chi connectivity index (χ3n) is 16.0. The Kier molecular flexibility index (Phi) is 25.2. The van der Waals surface area contributed by atoms with E-state index in [2.05, 4.69) is 26.3 Å². The van der Waals surface area contributed by atoms with Gasteiger partial charge >= 0.3 is 0 Å². The maximum Gasteiger partial charge on any atom is 0.246 e.